The summed E-state index contributed by atoms with van der Waals surface area (Å²) in [7, 11) is 0. The first kappa shape index (κ1) is 15.5. The topological polar surface area (TPSA) is 72.2 Å². The molecule has 21 heavy (non-hydrogen) atoms. The van der Waals surface area contributed by atoms with Crippen LogP contribution >= 0.6 is 27.5 Å². The van der Waals surface area contributed by atoms with E-state index in [-0.39, 0.29) is 11.3 Å². The zero-order chi connectivity index (χ0) is 15.6. The molecule has 0 spiro atoms. The maximum absolute atomic E-state index is 12.3. The van der Waals surface area contributed by atoms with Crippen LogP contribution in [0.4, 0.5) is 11.4 Å². The number of halogens is 2. The highest BCUT2D eigenvalue weighted by Gasteiger charge is 2.22. The minimum Gasteiger partial charge on any atom is -0.320 e. The number of amides is 1. The van der Waals surface area contributed by atoms with Gasteiger partial charge in [0, 0.05) is 10.5 Å². The Bertz CT molecular complexity index is 734. The lowest BCUT2D eigenvalue weighted by atomic mass is 10.1. The first-order chi connectivity index (χ1) is 9.90. The maximum Gasteiger partial charge on any atom is 0.282 e. The Balaban J connectivity index is 2.42. The van der Waals surface area contributed by atoms with Gasteiger partial charge in [0.2, 0.25) is 0 Å². The Labute approximate surface area is 134 Å². The second kappa shape index (κ2) is 6.24. The fourth-order valence-corrected chi connectivity index (χ4v) is 2.40. The van der Waals surface area contributed by atoms with Gasteiger partial charge >= 0.3 is 0 Å². The second-order valence-electron chi connectivity index (χ2n) is 4.30. The van der Waals surface area contributed by atoms with E-state index >= 15 is 0 Å². The molecule has 5 nitrogen and oxygen atoms in total. The van der Waals surface area contributed by atoms with Gasteiger partial charge in [0.25, 0.3) is 11.6 Å². The number of rotatable bonds is 3. The highest BCUT2D eigenvalue weighted by Crippen LogP contribution is 2.28. The molecule has 108 valence electrons. The Morgan fingerprint density at radius 3 is 2.71 bits per heavy atom. The average molecular weight is 370 g/mol. The quantitative estimate of drug-likeness (QED) is 0.636. The number of anilines is 1. The van der Waals surface area contributed by atoms with Gasteiger partial charge in [0.05, 0.1) is 15.6 Å². The lowest BCUT2D eigenvalue weighted by Crippen LogP contribution is -2.15. The predicted molar refractivity (Wildman–Crippen MR) is 84.9 cm³/mol. The number of nitrogens with one attached hydrogen (secondary N) is 1. The third-order valence-electron chi connectivity index (χ3n) is 2.85. The van der Waals surface area contributed by atoms with Crippen molar-refractivity contribution in [2.75, 3.05) is 5.32 Å². The van der Waals surface area contributed by atoms with Crippen LogP contribution in [0.2, 0.25) is 5.02 Å². The number of hydrogen-bond acceptors (Lipinski definition) is 3. The number of hydrogen-bond donors (Lipinski definition) is 1. The van der Waals surface area contributed by atoms with E-state index in [0.29, 0.717) is 16.3 Å². The predicted octanol–water partition coefficient (Wildman–Crippen LogP) is 4.57. The van der Waals surface area contributed by atoms with Crippen molar-refractivity contribution in [2.45, 2.75) is 6.92 Å². The monoisotopic (exact) mass is 368 g/mol. The molecule has 2 rings (SSSR count). The smallest absolute Gasteiger partial charge is 0.282 e. The lowest BCUT2D eigenvalue weighted by Gasteiger charge is -2.10. The van der Waals surface area contributed by atoms with E-state index in [1.54, 1.807) is 31.2 Å². The fourth-order valence-electron chi connectivity index (χ4n) is 1.88. The Morgan fingerprint density at radius 1 is 1.33 bits per heavy atom. The molecule has 0 saturated carbocycles. The van der Waals surface area contributed by atoms with E-state index in [0.717, 1.165) is 4.47 Å². The van der Waals surface area contributed by atoms with Gasteiger partial charge in [0.15, 0.2) is 0 Å². The molecule has 0 aliphatic carbocycles. The van der Waals surface area contributed by atoms with Gasteiger partial charge in [-0.15, -0.1) is 0 Å². The number of carbonyl (C=O) groups is 1. The van der Waals surface area contributed by atoms with Gasteiger partial charge in [-0.3, -0.25) is 14.9 Å². The third-order valence-corrected chi connectivity index (χ3v) is 3.67. The Hall–Kier alpha value is -1.92. The van der Waals surface area contributed by atoms with Crippen molar-refractivity contribution >= 4 is 44.8 Å². The molecule has 0 bridgehead atoms. The first-order valence-electron chi connectivity index (χ1n) is 5.90. The van der Waals surface area contributed by atoms with Gasteiger partial charge in [-0.2, -0.15) is 0 Å². The normalized spacial score (nSPS) is 10.2. The van der Waals surface area contributed by atoms with Crippen LogP contribution in [-0.2, 0) is 0 Å². The number of nitrogens with zero attached hydrogens (tertiary/aromatic N) is 1. The molecule has 0 aliphatic heterocycles. The standard InChI is InChI=1S/C14H10BrClN2O3/c1-8-3-2-4-12(18(20)21)13(8)14(19)17-11-7-9(15)5-6-10(11)16/h2-7H,1H3,(H,17,19). The molecular formula is C14H10BrClN2O3. The van der Waals surface area contributed by atoms with Gasteiger partial charge < -0.3 is 5.32 Å². The number of benzene rings is 2. The first-order valence-corrected chi connectivity index (χ1v) is 7.07. The van der Waals surface area contributed by atoms with Crippen LogP contribution in [0, 0.1) is 17.0 Å². The summed E-state index contributed by atoms with van der Waals surface area (Å²) >= 11 is 9.28. The number of carbonyl (C=O) groups excluding carboxylic acids is 1. The van der Waals surface area contributed by atoms with E-state index in [1.807, 2.05) is 0 Å². The van der Waals surface area contributed by atoms with Crippen molar-refractivity contribution in [1.82, 2.24) is 0 Å². The summed E-state index contributed by atoms with van der Waals surface area (Å²) in [5.74, 6) is -0.570. The highest BCUT2D eigenvalue weighted by atomic mass is 79.9. The van der Waals surface area contributed by atoms with Gasteiger partial charge in [-0.1, -0.05) is 39.7 Å². The van der Waals surface area contributed by atoms with Crippen molar-refractivity contribution in [1.29, 1.82) is 0 Å². The zero-order valence-corrected chi connectivity index (χ0v) is 13.2. The molecule has 0 aliphatic rings. The van der Waals surface area contributed by atoms with Gasteiger partial charge in [-0.05, 0) is 30.7 Å². The molecule has 0 unspecified atom stereocenters. The number of nitro benzene ring substituents is 1. The zero-order valence-electron chi connectivity index (χ0n) is 10.9. The van der Waals surface area contributed by atoms with Crippen molar-refractivity contribution in [3.8, 4) is 0 Å². The summed E-state index contributed by atoms with van der Waals surface area (Å²) in [6, 6.07) is 9.46. The molecule has 2 aromatic carbocycles. The molecule has 7 heteroatoms. The van der Waals surface area contributed by atoms with Gasteiger partial charge in [-0.25, -0.2) is 0 Å². The SMILES string of the molecule is Cc1cccc([N+](=O)[O-])c1C(=O)Nc1cc(Br)ccc1Cl. The van der Waals surface area contributed by atoms with Crippen LogP contribution in [0.15, 0.2) is 40.9 Å². The van der Waals surface area contributed by atoms with E-state index in [9.17, 15) is 14.9 Å². The molecule has 0 radical (unpaired) electrons. The molecule has 0 atom stereocenters. The largest absolute Gasteiger partial charge is 0.320 e. The van der Waals surface area contributed by atoms with Crippen LogP contribution in [0.1, 0.15) is 15.9 Å². The molecule has 2 aromatic rings. The van der Waals surface area contributed by atoms with Crippen LogP contribution in [0.5, 0.6) is 0 Å². The summed E-state index contributed by atoms with van der Waals surface area (Å²) in [6.07, 6.45) is 0. The van der Waals surface area contributed by atoms with Crippen LogP contribution in [0.3, 0.4) is 0 Å². The molecular weight excluding hydrogens is 360 g/mol. The minimum atomic E-state index is -0.579. The molecule has 0 heterocycles. The van der Waals surface area contributed by atoms with Crippen LogP contribution in [-0.4, -0.2) is 10.8 Å². The maximum atomic E-state index is 12.3. The third kappa shape index (κ3) is 3.40. The summed E-state index contributed by atoms with van der Waals surface area (Å²) in [5.41, 5.74) is 0.693. The minimum absolute atomic E-state index is 0.0264. The van der Waals surface area contributed by atoms with E-state index in [2.05, 4.69) is 21.2 Å². The average Bonchev–Trinajstić information content (AvgIpc) is 2.42. The molecule has 0 saturated heterocycles. The van der Waals surface area contributed by atoms with E-state index < -0.39 is 10.8 Å². The van der Waals surface area contributed by atoms with Crippen molar-refractivity contribution in [2.24, 2.45) is 0 Å². The van der Waals surface area contributed by atoms with Gasteiger partial charge in [0.1, 0.15) is 5.56 Å². The van der Waals surface area contributed by atoms with Crippen LogP contribution < -0.4 is 5.32 Å². The Morgan fingerprint density at radius 2 is 2.05 bits per heavy atom. The number of nitro groups is 1. The molecule has 1 amide bonds. The van der Waals surface area contributed by atoms with E-state index in [1.165, 1.54) is 12.1 Å². The fraction of sp³-hybridized carbons (Fsp3) is 0.0714. The van der Waals surface area contributed by atoms with Crippen molar-refractivity contribution in [3.63, 3.8) is 0 Å². The lowest BCUT2D eigenvalue weighted by molar-refractivity contribution is -0.385. The Kier molecular flexibility index (Phi) is 4.59. The summed E-state index contributed by atoms with van der Waals surface area (Å²) in [6.45, 7) is 1.64. The molecule has 0 fully saturated rings. The summed E-state index contributed by atoms with van der Waals surface area (Å²) in [5, 5.41) is 14.0. The van der Waals surface area contributed by atoms with Crippen molar-refractivity contribution < 1.29 is 9.72 Å². The van der Waals surface area contributed by atoms with Crippen molar-refractivity contribution in [3.05, 3.63) is 67.1 Å². The summed E-state index contributed by atoms with van der Waals surface area (Å²) in [4.78, 5) is 22.8. The number of aryl methyl sites for hydroxylation is 1. The highest BCUT2D eigenvalue weighted by molar-refractivity contribution is 9.10. The second-order valence-corrected chi connectivity index (χ2v) is 5.63. The molecule has 0 aromatic heterocycles. The van der Waals surface area contributed by atoms with E-state index in [4.69, 9.17) is 11.6 Å². The van der Waals surface area contributed by atoms with Crippen LogP contribution in [0.25, 0.3) is 0 Å². The molecule has 1 N–H and O–H groups in total. The summed E-state index contributed by atoms with van der Waals surface area (Å²) < 4.78 is 0.737.